The van der Waals surface area contributed by atoms with Crippen LogP contribution in [0.4, 0.5) is 0 Å². The molecule has 0 saturated carbocycles. The van der Waals surface area contributed by atoms with Gasteiger partial charge in [0.15, 0.2) is 0 Å². The average Bonchev–Trinajstić information content (AvgIpc) is 2.24. The average molecular weight is 227 g/mol. The smallest absolute Gasteiger partial charge is 0.235 e. The highest BCUT2D eigenvalue weighted by Gasteiger charge is 2.22. The number of carbonyl (C=O) groups is 1. The first-order valence-corrected chi connectivity index (χ1v) is 6.38. The highest BCUT2D eigenvalue weighted by Crippen LogP contribution is 2.15. The minimum atomic E-state index is -0.230. The molecule has 0 aliphatic carbocycles. The van der Waals surface area contributed by atoms with E-state index in [1.54, 1.807) is 0 Å². The number of hydrogen-bond donors (Lipinski definition) is 2. The molecule has 1 aliphatic rings. The summed E-state index contributed by atoms with van der Waals surface area (Å²) in [4.78, 5) is 13.6. The second-order valence-electron chi connectivity index (χ2n) is 4.92. The van der Waals surface area contributed by atoms with E-state index in [0.717, 1.165) is 38.5 Å². The van der Waals surface area contributed by atoms with Gasteiger partial charge in [0, 0.05) is 13.1 Å². The molecule has 4 nitrogen and oxygen atoms in total. The molecule has 1 aliphatic heterocycles. The third-order valence-electron chi connectivity index (χ3n) is 3.17. The highest BCUT2D eigenvalue weighted by molar-refractivity contribution is 5.80. The second kappa shape index (κ2) is 6.86. The Morgan fingerprint density at radius 3 is 2.94 bits per heavy atom. The number of nitrogens with one attached hydrogen (secondary N) is 1. The van der Waals surface area contributed by atoms with E-state index in [-0.39, 0.29) is 11.9 Å². The first kappa shape index (κ1) is 13.5. The van der Waals surface area contributed by atoms with Crippen LogP contribution in [0.3, 0.4) is 0 Å². The molecule has 16 heavy (non-hydrogen) atoms. The maximum Gasteiger partial charge on any atom is 0.235 e. The van der Waals surface area contributed by atoms with Crippen molar-refractivity contribution in [2.24, 2.45) is 11.7 Å². The number of piperidine rings is 1. The Morgan fingerprint density at radius 1 is 1.62 bits per heavy atom. The zero-order chi connectivity index (χ0) is 12.0. The first-order valence-electron chi connectivity index (χ1n) is 6.38. The molecule has 1 amide bonds. The van der Waals surface area contributed by atoms with Crippen LogP contribution in [-0.4, -0.2) is 43.0 Å². The number of carbonyl (C=O) groups excluding carboxylic acids is 1. The van der Waals surface area contributed by atoms with Gasteiger partial charge in [0.2, 0.25) is 5.91 Å². The number of likely N-dealkylation sites (tertiary alicyclic amines) is 1. The molecule has 3 N–H and O–H groups in total. The maximum absolute atomic E-state index is 11.3. The van der Waals surface area contributed by atoms with Gasteiger partial charge in [-0.15, -0.1) is 0 Å². The van der Waals surface area contributed by atoms with Gasteiger partial charge in [-0.2, -0.15) is 0 Å². The van der Waals surface area contributed by atoms with Crippen molar-refractivity contribution in [3.8, 4) is 0 Å². The van der Waals surface area contributed by atoms with Crippen LogP contribution in [-0.2, 0) is 4.79 Å². The van der Waals surface area contributed by atoms with Crippen LogP contribution in [0.25, 0.3) is 0 Å². The van der Waals surface area contributed by atoms with E-state index < -0.39 is 0 Å². The Bertz CT molecular complexity index is 220. The molecule has 0 aromatic heterocycles. The molecule has 1 saturated heterocycles. The largest absolute Gasteiger partial charge is 0.368 e. The highest BCUT2D eigenvalue weighted by atomic mass is 16.1. The Morgan fingerprint density at radius 2 is 2.38 bits per heavy atom. The zero-order valence-corrected chi connectivity index (χ0v) is 10.5. The van der Waals surface area contributed by atoms with Gasteiger partial charge in [-0.05, 0) is 38.3 Å². The maximum atomic E-state index is 11.3. The summed E-state index contributed by atoms with van der Waals surface area (Å²) in [5, 5.41) is 3.21. The van der Waals surface area contributed by atoms with Crippen LogP contribution < -0.4 is 11.1 Å². The number of hydrogen-bond acceptors (Lipinski definition) is 3. The molecule has 94 valence electrons. The van der Waals surface area contributed by atoms with Gasteiger partial charge in [0.05, 0.1) is 6.04 Å². The fourth-order valence-electron chi connectivity index (χ4n) is 2.28. The summed E-state index contributed by atoms with van der Waals surface area (Å²) in [5.74, 6) is 0.514. The molecule has 0 radical (unpaired) electrons. The van der Waals surface area contributed by atoms with Crippen LogP contribution in [0.2, 0.25) is 0 Å². The molecule has 0 aromatic carbocycles. The fraction of sp³-hybridized carbons (Fsp3) is 0.917. The summed E-state index contributed by atoms with van der Waals surface area (Å²) in [6.45, 7) is 8.18. The standard InChI is InChI=1S/C12H25N3O/c1-3-6-14-11(12(13)16)9-15-7-4-5-10(2)8-15/h10-11,14H,3-9H2,1-2H3,(H2,13,16). The lowest BCUT2D eigenvalue weighted by atomic mass is 10.00. The predicted molar refractivity (Wildman–Crippen MR) is 66.1 cm³/mol. The molecule has 1 rings (SSSR count). The second-order valence-corrected chi connectivity index (χ2v) is 4.92. The van der Waals surface area contributed by atoms with Gasteiger partial charge in [-0.3, -0.25) is 4.79 Å². The van der Waals surface area contributed by atoms with Crippen LogP contribution in [0, 0.1) is 5.92 Å². The molecule has 0 bridgehead atoms. The van der Waals surface area contributed by atoms with Crippen molar-refractivity contribution in [1.29, 1.82) is 0 Å². The molecule has 1 heterocycles. The van der Waals surface area contributed by atoms with Crippen LogP contribution in [0.5, 0.6) is 0 Å². The van der Waals surface area contributed by atoms with E-state index in [4.69, 9.17) is 5.73 Å². The number of nitrogens with two attached hydrogens (primary N) is 1. The number of nitrogens with zero attached hydrogens (tertiary/aromatic N) is 1. The topological polar surface area (TPSA) is 58.4 Å². The van der Waals surface area contributed by atoms with Crippen molar-refractivity contribution in [3.63, 3.8) is 0 Å². The summed E-state index contributed by atoms with van der Waals surface area (Å²) in [7, 11) is 0. The van der Waals surface area contributed by atoms with E-state index >= 15 is 0 Å². The van der Waals surface area contributed by atoms with Gasteiger partial charge >= 0.3 is 0 Å². The predicted octanol–water partition coefficient (Wildman–Crippen LogP) is 0.572. The van der Waals surface area contributed by atoms with E-state index in [1.165, 1.54) is 12.8 Å². The Labute approximate surface area is 98.6 Å². The van der Waals surface area contributed by atoms with Gasteiger partial charge in [-0.25, -0.2) is 0 Å². The normalized spacial score (nSPS) is 24.2. The Balaban J connectivity index is 2.37. The number of amides is 1. The van der Waals surface area contributed by atoms with Crippen LogP contribution in [0.15, 0.2) is 0 Å². The van der Waals surface area contributed by atoms with E-state index in [2.05, 4.69) is 24.1 Å². The van der Waals surface area contributed by atoms with Gasteiger partial charge in [0.1, 0.15) is 0 Å². The lowest BCUT2D eigenvalue weighted by molar-refractivity contribution is -0.120. The summed E-state index contributed by atoms with van der Waals surface area (Å²) >= 11 is 0. The summed E-state index contributed by atoms with van der Waals surface area (Å²) < 4.78 is 0. The van der Waals surface area contributed by atoms with Crippen molar-refractivity contribution < 1.29 is 4.79 Å². The number of rotatable bonds is 6. The SMILES string of the molecule is CCCNC(CN1CCCC(C)C1)C(N)=O. The molecular weight excluding hydrogens is 202 g/mol. The first-order chi connectivity index (χ1) is 7.63. The lowest BCUT2D eigenvalue weighted by Gasteiger charge is -2.33. The van der Waals surface area contributed by atoms with E-state index in [0.29, 0.717) is 0 Å². The van der Waals surface area contributed by atoms with E-state index in [1.807, 2.05) is 0 Å². The quantitative estimate of drug-likeness (QED) is 0.697. The van der Waals surface area contributed by atoms with Crippen molar-refractivity contribution in [2.45, 2.75) is 39.2 Å². The third-order valence-corrected chi connectivity index (χ3v) is 3.17. The summed E-state index contributed by atoms with van der Waals surface area (Å²) in [6.07, 6.45) is 3.57. The van der Waals surface area contributed by atoms with Crippen molar-refractivity contribution in [1.82, 2.24) is 10.2 Å². The fourth-order valence-corrected chi connectivity index (χ4v) is 2.28. The van der Waals surface area contributed by atoms with Crippen molar-refractivity contribution >= 4 is 5.91 Å². The molecular formula is C12H25N3O. The Kier molecular flexibility index (Phi) is 5.77. The summed E-state index contributed by atoms with van der Waals surface area (Å²) in [5.41, 5.74) is 5.40. The molecule has 4 heteroatoms. The summed E-state index contributed by atoms with van der Waals surface area (Å²) in [6, 6.07) is -0.190. The molecule has 1 fully saturated rings. The minimum Gasteiger partial charge on any atom is -0.368 e. The zero-order valence-electron chi connectivity index (χ0n) is 10.5. The minimum absolute atomic E-state index is 0.190. The monoisotopic (exact) mass is 227 g/mol. The molecule has 0 aromatic rings. The molecule has 2 atom stereocenters. The van der Waals surface area contributed by atoms with Gasteiger partial charge in [0.25, 0.3) is 0 Å². The van der Waals surface area contributed by atoms with Gasteiger partial charge < -0.3 is 16.0 Å². The van der Waals surface area contributed by atoms with Gasteiger partial charge in [-0.1, -0.05) is 13.8 Å². The number of primary amides is 1. The van der Waals surface area contributed by atoms with Crippen molar-refractivity contribution in [3.05, 3.63) is 0 Å². The van der Waals surface area contributed by atoms with E-state index in [9.17, 15) is 4.79 Å². The Hall–Kier alpha value is -0.610. The van der Waals surface area contributed by atoms with Crippen LogP contribution in [0.1, 0.15) is 33.1 Å². The lowest BCUT2D eigenvalue weighted by Crippen LogP contribution is -2.51. The van der Waals surface area contributed by atoms with Crippen molar-refractivity contribution in [2.75, 3.05) is 26.2 Å². The third kappa shape index (κ3) is 4.49. The molecule has 0 spiro atoms. The molecule has 2 unspecified atom stereocenters. The van der Waals surface area contributed by atoms with Crippen LogP contribution >= 0.6 is 0 Å².